The van der Waals surface area contributed by atoms with E-state index in [1.807, 2.05) is 6.07 Å². The molecule has 0 atom stereocenters. The van der Waals surface area contributed by atoms with Crippen LogP contribution in [-0.2, 0) is 12.7 Å². The van der Waals surface area contributed by atoms with Crippen LogP contribution in [0.1, 0.15) is 11.3 Å². The number of aromatic nitrogens is 1. The lowest BCUT2D eigenvalue weighted by Crippen LogP contribution is -2.07. The predicted molar refractivity (Wildman–Crippen MR) is 78.4 cm³/mol. The molecule has 20 heavy (non-hydrogen) atoms. The maximum Gasteiger partial charge on any atom is 0.416 e. The van der Waals surface area contributed by atoms with Crippen LogP contribution in [0.4, 0.5) is 18.9 Å². The van der Waals surface area contributed by atoms with Gasteiger partial charge < -0.3 is 5.32 Å². The van der Waals surface area contributed by atoms with Gasteiger partial charge in [0, 0.05) is 20.8 Å². The van der Waals surface area contributed by atoms with Gasteiger partial charge in [0.1, 0.15) is 0 Å². The summed E-state index contributed by atoms with van der Waals surface area (Å²) in [6.45, 7) is 0.329. The molecule has 2 rings (SSSR count). The van der Waals surface area contributed by atoms with E-state index < -0.39 is 11.7 Å². The fraction of sp³-hybridized carbons (Fsp3) is 0.154. The molecule has 0 saturated heterocycles. The topological polar surface area (TPSA) is 24.9 Å². The van der Waals surface area contributed by atoms with Gasteiger partial charge in [-0.25, -0.2) is 0 Å². The number of pyridine rings is 1. The lowest BCUT2D eigenvalue weighted by Gasteiger charge is -2.11. The number of benzene rings is 1. The fourth-order valence-electron chi connectivity index (χ4n) is 1.56. The van der Waals surface area contributed by atoms with Gasteiger partial charge in [-0.05, 0) is 56.1 Å². The van der Waals surface area contributed by atoms with Gasteiger partial charge in [0.15, 0.2) is 0 Å². The Balaban J connectivity index is 2.11. The molecule has 2 nitrogen and oxygen atoms in total. The number of halogens is 5. The molecule has 2 aromatic rings. The third-order valence-corrected chi connectivity index (χ3v) is 3.65. The first-order valence-electron chi connectivity index (χ1n) is 5.57. The van der Waals surface area contributed by atoms with Gasteiger partial charge in [0.25, 0.3) is 0 Å². The van der Waals surface area contributed by atoms with Crippen molar-refractivity contribution in [1.82, 2.24) is 4.98 Å². The van der Waals surface area contributed by atoms with E-state index in [0.29, 0.717) is 17.9 Å². The third kappa shape index (κ3) is 3.96. The number of anilines is 1. The Labute approximate surface area is 130 Å². The molecule has 0 aliphatic heterocycles. The Bertz CT molecular complexity index is 615. The van der Waals surface area contributed by atoms with E-state index in [0.717, 1.165) is 21.1 Å². The molecule has 0 amide bonds. The molecule has 0 bridgehead atoms. The molecule has 1 N–H and O–H groups in total. The van der Waals surface area contributed by atoms with Crippen molar-refractivity contribution in [3.05, 3.63) is 56.7 Å². The molecular formula is C13H9Br2F3N2. The summed E-state index contributed by atoms with van der Waals surface area (Å²) in [5, 5.41) is 2.93. The van der Waals surface area contributed by atoms with Crippen LogP contribution in [0.15, 0.2) is 45.5 Å². The highest BCUT2D eigenvalue weighted by Crippen LogP contribution is 2.30. The summed E-state index contributed by atoms with van der Waals surface area (Å²) in [5.74, 6) is 0. The van der Waals surface area contributed by atoms with Crippen LogP contribution in [0, 0.1) is 0 Å². The molecule has 1 aromatic heterocycles. The largest absolute Gasteiger partial charge is 0.416 e. The summed E-state index contributed by atoms with van der Waals surface area (Å²) in [6, 6.07) is 6.90. The first-order chi connectivity index (χ1) is 9.36. The summed E-state index contributed by atoms with van der Waals surface area (Å²) in [4.78, 5) is 4.19. The molecule has 0 spiro atoms. The summed E-state index contributed by atoms with van der Waals surface area (Å²) in [5.41, 5.74) is 0.437. The normalized spacial score (nSPS) is 11.4. The van der Waals surface area contributed by atoms with Crippen molar-refractivity contribution in [3.63, 3.8) is 0 Å². The zero-order valence-electron chi connectivity index (χ0n) is 10.0. The summed E-state index contributed by atoms with van der Waals surface area (Å²) in [7, 11) is 0. The molecule has 0 aliphatic carbocycles. The Kier molecular flexibility index (Phi) is 4.70. The van der Waals surface area contributed by atoms with Crippen molar-refractivity contribution in [2.24, 2.45) is 0 Å². The van der Waals surface area contributed by atoms with E-state index >= 15 is 0 Å². The minimum absolute atomic E-state index is 0.329. The maximum atomic E-state index is 12.6. The smallest absolute Gasteiger partial charge is 0.379 e. The molecule has 0 saturated carbocycles. The third-order valence-electron chi connectivity index (χ3n) is 2.53. The zero-order chi connectivity index (χ0) is 14.8. The van der Waals surface area contributed by atoms with Crippen LogP contribution in [-0.4, -0.2) is 4.98 Å². The Morgan fingerprint density at radius 2 is 1.90 bits per heavy atom. The van der Waals surface area contributed by atoms with Gasteiger partial charge in [0.05, 0.1) is 17.8 Å². The van der Waals surface area contributed by atoms with E-state index in [1.165, 1.54) is 6.07 Å². The van der Waals surface area contributed by atoms with E-state index in [2.05, 4.69) is 42.2 Å². The van der Waals surface area contributed by atoms with E-state index in [1.54, 1.807) is 12.3 Å². The van der Waals surface area contributed by atoms with Gasteiger partial charge in [-0.1, -0.05) is 6.07 Å². The van der Waals surface area contributed by atoms with Gasteiger partial charge in [0.2, 0.25) is 0 Å². The van der Waals surface area contributed by atoms with Crippen molar-refractivity contribution in [1.29, 1.82) is 0 Å². The number of hydrogen-bond acceptors (Lipinski definition) is 2. The van der Waals surface area contributed by atoms with Gasteiger partial charge in [-0.3, -0.25) is 4.98 Å². The molecule has 0 aliphatic rings. The maximum absolute atomic E-state index is 12.6. The minimum atomic E-state index is -4.34. The van der Waals surface area contributed by atoms with E-state index in [9.17, 15) is 13.2 Å². The highest BCUT2D eigenvalue weighted by Gasteiger charge is 2.30. The van der Waals surface area contributed by atoms with Crippen molar-refractivity contribution in [2.75, 3.05) is 5.32 Å². The molecular weight excluding hydrogens is 401 g/mol. The second kappa shape index (κ2) is 6.13. The first-order valence-corrected chi connectivity index (χ1v) is 7.16. The minimum Gasteiger partial charge on any atom is -0.379 e. The van der Waals surface area contributed by atoms with Gasteiger partial charge in [-0.15, -0.1) is 0 Å². The second-order valence-corrected chi connectivity index (χ2v) is 5.78. The Morgan fingerprint density at radius 1 is 1.15 bits per heavy atom. The van der Waals surface area contributed by atoms with Crippen molar-refractivity contribution in [3.8, 4) is 0 Å². The fourth-order valence-corrected chi connectivity index (χ4v) is 2.69. The number of nitrogens with one attached hydrogen (secondary N) is 1. The molecule has 0 radical (unpaired) electrons. The zero-order valence-corrected chi connectivity index (χ0v) is 13.2. The van der Waals surface area contributed by atoms with Gasteiger partial charge >= 0.3 is 6.18 Å². The highest BCUT2D eigenvalue weighted by molar-refractivity contribution is 9.11. The number of alkyl halides is 3. The monoisotopic (exact) mass is 408 g/mol. The number of nitrogens with zero attached hydrogens (tertiary/aromatic N) is 1. The van der Waals surface area contributed by atoms with Crippen LogP contribution in [0.3, 0.4) is 0 Å². The Hall–Kier alpha value is -1.08. The molecule has 0 unspecified atom stereocenters. The molecule has 1 aromatic carbocycles. The summed E-state index contributed by atoms with van der Waals surface area (Å²) >= 11 is 6.64. The van der Waals surface area contributed by atoms with Crippen LogP contribution < -0.4 is 5.32 Å². The highest BCUT2D eigenvalue weighted by atomic mass is 79.9. The average Bonchev–Trinajstić information content (AvgIpc) is 2.37. The summed E-state index contributed by atoms with van der Waals surface area (Å²) < 4.78 is 39.4. The Morgan fingerprint density at radius 3 is 2.55 bits per heavy atom. The van der Waals surface area contributed by atoms with Crippen LogP contribution in [0.25, 0.3) is 0 Å². The predicted octanol–water partition coefficient (Wildman–Crippen LogP) is 5.24. The number of rotatable bonds is 3. The second-order valence-electron chi connectivity index (χ2n) is 4.01. The van der Waals surface area contributed by atoms with E-state index in [4.69, 9.17) is 0 Å². The quantitative estimate of drug-likeness (QED) is 0.749. The van der Waals surface area contributed by atoms with Crippen molar-refractivity contribution in [2.45, 2.75) is 12.7 Å². The molecule has 7 heteroatoms. The van der Waals surface area contributed by atoms with Crippen molar-refractivity contribution < 1.29 is 13.2 Å². The summed E-state index contributed by atoms with van der Waals surface area (Å²) in [6.07, 6.45) is -2.71. The molecule has 106 valence electrons. The SMILES string of the molecule is FC(F)(F)c1cccc(NCc2ncc(Br)cc2Br)c1. The van der Waals surface area contributed by atoms with Crippen LogP contribution >= 0.6 is 31.9 Å². The lowest BCUT2D eigenvalue weighted by molar-refractivity contribution is -0.137. The number of hydrogen-bond donors (Lipinski definition) is 1. The molecule has 0 fully saturated rings. The van der Waals surface area contributed by atoms with Crippen molar-refractivity contribution >= 4 is 37.5 Å². The first kappa shape index (κ1) is 15.3. The average molecular weight is 410 g/mol. The van der Waals surface area contributed by atoms with Crippen LogP contribution in [0.5, 0.6) is 0 Å². The van der Waals surface area contributed by atoms with Gasteiger partial charge in [-0.2, -0.15) is 13.2 Å². The lowest BCUT2D eigenvalue weighted by atomic mass is 10.2. The van der Waals surface area contributed by atoms with Crippen LogP contribution in [0.2, 0.25) is 0 Å². The standard InChI is InChI=1S/C13H9Br2F3N2/c14-9-5-11(15)12(20-6-9)7-19-10-3-1-2-8(4-10)13(16,17)18/h1-6,19H,7H2. The molecule has 1 heterocycles. The van der Waals surface area contributed by atoms with E-state index in [-0.39, 0.29) is 0 Å².